The van der Waals surface area contributed by atoms with Gasteiger partial charge in [-0.3, -0.25) is 52.8 Å². The summed E-state index contributed by atoms with van der Waals surface area (Å²) >= 11 is 0. The van der Waals surface area contributed by atoms with E-state index in [0.717, 1.165) is 16.8 Å². The van der Waals surface area contributed by atoms with Crippen LogP contribution >= 0.6 is 0 Å². The van der Waals surface area contributed by atoms with Crippen molar-refractivity contribution in [1.82, 2.24) is 55.6 Å². The maximum atomic E-state index is 15.0. The number of aliphatic hydroxyl groups is 1. The van der Waals surface area contributed by atoms with Crippen molar-refractivity contribution in [2.24, 2.45) is 35.5 Å². The van der Waals surface area contributed by atoms with E-state index >= 15 is 9.59 Å². The van der Waals surface area contributed by atoms with Gasteiger partial charge in [-0.1, -0.05) is 95.2 Å². The van der Waals surface area contributed by atoms with E-state index in [0.29, 0.717) is 11.3 Å². The highest BCUT2D eigenvalue weighted by Gasteiger charge is 2.45. The highest BCUT2D eigenvalue weighted by atomic mass is 16.3. The van der Waals surface area contributed by atoms with Crippen molar-refractivity contribution in [3.05, 3.63) is 12.2 Å². The molecule has 1 aliphatic heterocycles. The Morgan fingerprint density at radius 2 is 0.963 bits per heavy atom. The SMILES string of the molecule is CC=CCC(C)C(O)C1C(=O)NC(CC)C(=O)N(C)CC(=O)N(C)C(=O)NC(C(C)C)C(=O)N(C)C(CC(C)C)C(=O)NC(C)C(=O)NC(C)C(=O)N(C)C(CC(C)C)C(=O)N(C)C(CC(C)C)C(=O)N(C)C(C(C)C)C(=O)N1C. The third-order valence-corrected chi connectivity index (χ3v) is 14.9. The van der Waals surface area contributed by atoms with Crippen LogP contribution in [0.15, 0.2) is 12.2 Å². The molecule has 0 aromatic heterocycles. The molecule has 1 aliphatic rings. The Bertz CT molecular complexity index is 2200. The lowest BCUT2D eigenvalue weighted by molar-refractivity contribution is -0.157. The first-order chi connectivity index (χ1) is 36.9. The molecule has 0 bridgehead atoms. The van der Waals surface area contributed by atoms with Gasteiger partial charge in [-0.15, -0.1) is 0 Å². The smallest absolute Gasteiger partial charge is 0.324 e. The topological polar surface area (TPSA) is 279 Å². The van der Waals surface area contributed by atoms with E-state index < -0.39 is 150 Å². The number of allylic oxidation sites excluding steroid dienone is 2. The molecule has 1 rings (SSSR count). The van der Waals surface area contributed by atoms with Crippen LogP contribution in [0.5, 0.6) is 0 Å². The van der Waals surface area contributed by atoms with Crippen molar-refractivity contribution < 1.29 is 57.8 Å². The molecule has 0 aromatic carbocycles. The van der Waals surface area contributed by atoms with Crippen LogP contribution in [0.1, 0.15) is 136 Å². The van der Waals surface area contributed by atoms with Gasteiger partial charge >= 0.3 is 6.03 Å². The van der Waals surface area contributed by atoms with E-state index in [1.807, 2.05) is 41.5 Å². The van der Waals surface area contributed by atoms with Gasteiger partial charge in [0.25, 0.3) is 0 Å². The number of nitrogens with zero attached hydrogens (tertiary/aromatic N) is 7. The van der Waals surface area contributed by atoms with Gasteiger partial charge in [-0.25, -0.2) is 4.79 Å². The number of urea groups is 1. The Balaban J connectivity index is 4.22. The van der Waals surface area contributed by atoms with E-state index in [2.05, 4.69) is 21.3 Å². The molecule has 456 valence electrons. The van der Waals surface area contributed by atoms with Crippen LogP contribution in [0.4, 0.5) is 4.79 Å². The lowest BCUT2D eigenvalue weighted by atomic mass is 9.91. The van der Waals surface area contributed by atoms with Crippen molar-refractivity contribution in [3.63, 3.8) is 0 Å². The monoisotopic (exact) mass is 1130 g/mol. The molecular formula is C57H101N11O12. The fraction of sp³-hybridized carbons (Fsp3) is 0.772. The van der Waals surface area contributed by atoms with Gasteiger partial charge in [0, 0.05) is 49.3 Å². The summed E-state index contributed by atoms with van der Waals surface area (Å²) in [5.41, 5.74) is 0. The van der Waals surface area contributed by atoms with Gasteiger partial charge in [-0.2, -0.15) is 0 Å². The predicted octanol–water partition coefficient (Wildman–Crippen LogP) is 2.45. The number of hydrogen-bond acceptors (Lipinski definition) is 12. The third kappa shape index (κ3) is 19.6. The molecule has 12 amide bonds. The lowest BCUT2D eigenvalue weighted by Gasteiger charge is -2.41. The summed E-state index contributed by atoms with van der Waals surface area (Å²) in [5, 5.41) is 22.6. The molecule has 1 fully saturated rings. The largest absolute Gasteiger partial charge is 0.390 e. The van der Waals surface area contributed by atoms with E-state index in [4.69, 9.17) is 0 Å². The molecule has 0 spiro atoms. The quantitative estimate of drug-likeness (QED) is 0.167. The Kier molecular flexibility index (Phi) is 29.1. The molecule has 23 heteroatoms. The second-order valence-electron chi connectivity index (χ2n) is 23.8. The maximum Gasteiger partial charge on any atom is 0.324 e. The van der Waals surface area contributed by atoms with E-state index in [-0.39, 0.29) is 43.4 Å². The highest BCUT2D eigenvalue weighted by molar-refractivity contribution is 6.01. The van der Waals surface area contributed by atoms with Crippen molar-refractivity contribution in [2.45, 2.75) is 196 Å². The number of carbonyl (C=O) groups is 11. The molecule has 0 aromatic rings. The second-order valence-corrected chi connectivity index (χ2v) is 23.8. The van der Waals surface area contributed by atoms with Gasteiger partial charge in [0.1, 0.15) is 54.4 Å². The lowest BCUT2D eigenvalue weighted by Crippen LogP contribution is -2.63. The molecule has 0 aliphatic carbocycles. The average molecular weight is 1130 g/mol. The highest BCUT2D eigenvalue weighted by Crippen LogP contribution is 2.25. The van der Waals surface area contributed by atoms with Crippen LogP contribution in [0, 0.1) is 35.5 Å². The molecule has 23 nitrogen and oxygen atoms in total. The molecule has 0 radical (unpaired) electrons. The van der Waals surface area contributed by atoms with Crippen LogP contribution in [-0.2, 0) is 47.9 Å². The normalized spacial score (nSPS) is 26.7. The summed E-state index contributed by atoms with van der Waals surface area (Å²) in [7, 11) is 9.50. The van der Waals surface area contributed by atoms with E-state index in [1.165, 1.54) is 75.7 Å². The zero-order valence-electron chi connectivity index (χ0n) is 52.2. The number of likely N-dealkylation sites (N-methyl/N-ethyl adjacent to an activating group) is 7. The molecule has 1 saturated heterocycles. The standard InChI is InChI=1S/C57H101N11O12/c1-23-25-26-36(13)47(70)46-50(73)60-39(24-2)52(75)62(16)30-43(69)66(20)57(80)61-44(34(9)10)55(78)63(17)40(27-31(3)4)49(72)58-37(14)48(71)59-38(15)51(74)64(18)41(28-32(5)6)53(76)65(19)42(29-33(7)8)54(77)67(21)45(35(11)12)56(79)68(46)22/h23,25,31-42,44-47,70H,24,26-30H2,1-22H3,(H,58,72)(H,59,71)(H,60,73)(H,61,80). The molecule has 5 N–H and O–H groups in total. The van der Waals surface area contributed by atoms with Crippen molar-refractivity contribution >= 4 is 65.1 Å². The molecule has 80 heavy (non-hydrogen) atoms. The van der Waals surface area contributed by atoms with Crippen LogP contribution in [-0.4, -0.2) is 221 Å². The van der Waals surface area contributed by atoms with Crippen LogP contribution in [0.2, 0.25) is 0 Å². The van der Waals surface area contributed by atoms with E-state index in [1.54, 1.807) is 60.6 Å². The molecule has 11 atom stereocenters. The van der Waals surface area contributed by atoms with Crippen molar-refractivity contribution in [1.29, 1.82) is 0 Å². The summed E-state index contributed by atoms with van der Waals surface area (Å²) in [6.45, 7) is 25.2. The van der Waals surface area contributed by atoms with Crippen LogP contribution in [0.25, 0.3) is 0 Å². The second kappa shape index (κ2) is 32.3. The van der Waals surface area contributed by atoms with Gasteiger partial charge < -0.3 is 55.8 Å². The summed E-state index contributed by atoms with van der Waals surface area (Å²) in [4.78, 5) is 165. The Morgan fingerprint density at radius 1 is 0.512 bits per heavy atom. The number of carbonyl (C=O) groups excluding carboxylic acids is 11. The van der Waals surface area contributed by atoms with Gasteiger partial charge in [0.2, 0.25) is 59.1 Å². The summed E-state index contributed by atoms with van der Waals surface area (Å²) in [6.07, 6.45) is 2.81. The average Bonchev–Trinajstić information content (AvgIpc) is 3.37. The minimum absolute atomic E-state index is 0.00198. The number of aliphatic hydroxyl groups excluding tert-OH is 1. The van der Waals surface area contributed by atoms with Gasteiger partial charge in [0.05, 0.1) is 12.6 Å². The minimum atomic E-state index is -1.62. The first-order valence-electron chi connectivity index (χ1n) is 28.3. The van der Waals surface area contributed by atoms with Crippen LogP contribution in [0.3, 0.4) is 0 Å². The molecule has 11 unspecified atom stereocenters. The first-order valence-corrected chi connectivity index (χ1v) is 28.3. The number of amides is 12. The number of nitrogens with one attached hydrogen (secondary N) is 4. The Morgan fingerprint density at radius 3 is 1.43 bits per heavy atom. The summed E-state index contributed by atoms with van der Waals surface area (Å²) in [5.74, 6) is -9.39. The molecule has 1 heterocycles. The number of rotatable bonds is 13. The number of hydrogen-bond donors (Lipinski definition) is 5. The van der Waals surface area contributed by atoms with Crippen molar-refractivity contribution in [3.8, 4) is 0 Å². The van der Waals surface area contributed by atoms with Gasteiger partial charge in [0.15, 0.2) is 0 Å². The number of imide groups is 1. The fourth-order valence-corrected chi connectivity index (χ4v) is 9.71. The zero-order chi connectivity index (χ0) is 62.1. The van der Waals surface area contributed by atoms with Crippen molar-refractivity contribution in [2.75, 3.05) is 55.9 Å². The zero-order valence-corrected chi connectivity index (χ0v) is 52.2. The van der Waals surface area contributed by atoms with E-state index in [9.17, 15) is 48.3 Å². The predicted molar refractivity (Wildman–Crippen MR) is 306 cm³/mol. The summed E-state index contributed by atoms with van der Waals surface area (Å²) < 4.78 is 0. The fourth-order valence-electron chi connectivity index (χ4n) is 9.71. The minimum Gasteiger partial charge on any atom is -0.390 e. The first kappa shape index (κ1) is 71.9. The summed E-state index contributed by atoms with van der Waals surface area (Å²) in [6, 6.07) is -12.3. The Labute approximate surface area is 477 Å². The maximum absolute atomic E-state index is 15.0. The van der Waals surface area contributed by atoms with Crippen LogP contribution < -0.4 is 21.3 Å². The molecule has 0 saturated carbocycles. The Hall–Kier alpha value is -6.13. The van der Waals surface area contributed by atoms with Gasteiger partial charge in [-0.05, 0) is 88.4 Å². The molecular weight excluding hydrogens is 1030 g/mol. The third-order valence-electron chi connectivity index (χ3n) is 14.9.